The van der Waals surface area contributed by atoms with Crippen LogP contribution in [0.3, 0.4) is 0 Å². The Labute approximate surface area is 185 Å². The lowest BCUT2D eigenvalue weighted by Gasteiger charge is -2.24. The minimum atomic E-state index is -0.662. The van der Waals surface area contributed by atoms with Crippen molar-refractivity contribution >= 4 is 40.5 Å². The molecule has 0 aliphatic carbocycles. The number of rotatable bonds is 2. The van der Waals surface area contributed by atoms with Crippen LogP contribution in [-0.4, -0.2) is 44.2 Å². The standard InChI is InChI=1S/C22H25N7O3/c1-13(30)25-16-9-7-8-14(26-16)10-11-15-18-17(24-12-28(18)5)20(27-19(15)23)29(6)21(31)32-22(2,3)4/h7-9,12H,1-6H3,(H2,23,27)(H,25,26,30). The van der Waals surface area contributed by atoms with Crippen LogP contribution in [0.4, 0.5) is 22.2 Å². The molecule has 166 valence electrons. The van der Waals surface area contributed by atoms with E-state index in [4.69, 9.17) is 10.5 Å². The summed E-state index contributed by atoms with van der Waals surface area (Å²) in [6.45, 7) is 6.75. The fourth-order valence-electron chi connectivity index (χ4n) is 2.89. The number of nitrogens with two attached hydrogens (primary N) is 1. The molecule has 0 aliphatic heterocycles. The molecule has 0 saturated carbocycles. The van der Waals surface area contributed by atoms with Crippen LogP contribution in [0.5, 0.6) is 0 Å². The number of hydrogen-bond donors (Lipinski definition) is 2. The average Bonchev–Trinajstić information content (AvgIpc) is 3.06. The Kier molecular flexibility index (Phi) is 6.02. The van der Waals surface area contributed by atoms with Crippen LogP contribution in [0.25, 0.3) is 11.0 Å². The fraction of sp³-hybridized carbons (Fsp3) is 0.318. The summed E-state index contributed by atoms with van der Waals surface area (Å²) in [5.74, 6) is 6.53. The summed E-state index contributed by atoms with van der Waals surface area (Å²) in [6.07, 6.45) is 1.02. The van der Waals surface area contributed by atoms with Gasteiger partial charge in [-0.15, -0.1) is 0 Å². The van der Waals surface area contributed by atoms with Gasteiger partial charge in [-0.05, 0) is 38.8 Å². The number of imidazole rings is 1. The number of carbonyl (C=O) groups is 2. The lowest BCUT2D eigenvalue weighted by Crippen LogP contribution is -2.34. The third-order valence-electron chi connectivity index (χ3n) is 4.22. The first-order valence-corrected chi connectivity index (χ1v) is 9.80. The van der Waals surface area contributed by atoms with Crippen molar-refractivity contribution in [3.63, 3.8) is 0 Å². The van der Waals surface area contributed by atoms with E-state index in [9.17, 15) is 9.59 Å². The van der Waals surface area contributed by atoms with Crippen molar-refractivity contribution in [3.05, 3.63) is 35.8 Å². The van der Waals surface area contributed by atoms with Gasteiger partial charge in [0, 0.05) is 21.0 Å². The highest BCUT2D eigenvalue weighted by Gasteiger charge is 2.25. The summed E-state index contributed by atoms with van der Waals surface area (Å²) in [7, 11) is 3.35. The molecule has 2 amide bonds. The molecule has 10 heteroatoms. The Morgan fingerprint density at radius 3 is 2.59 bits per heavy atom. The zero-order valence-electron chi connectivity index (χ0n) is 18.8. The van der Waals surface area contributed by atoms with Crippen molar-refractivity contribution in [2.75, 3.05) is 23.0 Å². The molecule has 3 heterocycles. The largest absolute Gasteiger partial charge is 0.443 e. The molecule has 10 nitrogen and oxygen atoms in total. The Morgan fingerprint density at radius 1 is 1.22 bits per heavy atom. The lowest BCUT2D eigenvalue weighted by atomic mass is 10.2. The molecule has 3 N–H and O–H groups in total. The summed E-state index contributed by atoms with van der Waals surface area (Å²) in [5.41, 5.74) is 7.54. The molecule has 0 aliphatic rings. The van der Waals surface area contributed by atoms with Gasteiger partial charge in [-0.1, -0.05) is 12.0 Å². The van der Waals surface area contributed by atoms with E-state index in [0.29, 0.717) is 28.1 Å². The third kappa shape index (κ3) is 4.95. The molecule has 0 aromatic carbocycles. The number of aromatic nitrogens is 4. The molecule has 3 aromatic rings. The monoisotopic (exact) mass is 435 g/mol. The quantitative estimate of drug-likeness (QED) is 0.592. The Bertz CT molecular complexity index is 1260. The van der Waals surface area contributed by atoms with E-state index >= 15 is 0 Å². The molecule has 0 fully saturated rings. The number of amides is 2. The summed E-state index contributed by atoms with van der Waals surface area (Å²) < 4.78 is 7.18. The van der Waals surface area contributed by atoms with Crippen LogP contribution in [0.15, 0.2) is 24.5 Å². The minimum absolute atomic E-state index is 0.136. The topological polar surface area (TPSA) is 128 Å². The number of hydrogen-bond acceptors (Lipinski definition) is 7. The first-order chi connectivity index (χ1) is 15.0. The Hall–Kier alpha value is -4.13. The predicted octanol–water partition coefficient (Wildman–Crippen LogP) is 2.68. The maximum atomic E-state index is 12.5. The second-order valence-electron chi connectivity index (χ2n) is 8.13. The third-order valence-corrected chi connectivity index (χ3v) is 4.22. The van der Waals surface area contributed by atoms with E-state index in [1.54, 1.807) is 64.0 Å². The van der Waals surface area contributed by atoms with E-state index in [2.05, 4.69) is 32.1 Å². The molecule has 3 rings (SSSR count). The van der Waals surface area contributed by atoms with Crippen molar-refractivity contribution in [1.82, 2.24) is 19.5 Å². The van der Waals surface area contributed by atoms with Crippen molar-refractivity contribution in [2.45, 2.75) is 33.3 Å². The highest BCUT2D eigenvalue weighted by Crippen LogP contribution is 2.29. The van der Waals surface area contributed by atoms with Gasteiger partial charge in [-0.3, -0.25) is 9.69 Å². The number of anilines is 3. The summed E-state index contributed by atoms with van der Waals surface area (Å²) in [4.78, 5) is 38.1. The second kappa shape index (κ2) is 8.55. The van der Waals surface area contributed by atoms with E-state index in [1.807, 2.05) is 0 Å². The maximum Gasteiger partial charge on any atom is 0.415 e. The summed E-state index contributed by atoms with van der Waals surface area (Å²) >= 11 is 0. The SMILES string of the molecule is CC(=O)Nc1cccc(C#Cc2c(N)nc(N(C)C(=O)OC(C)(C)C)c3ncn(C)c23)n1. The van der Waals surface area contributed by atoms with Gasteiger partial charge < -0.3 is 20.4 Å². The molecule has 0 radical (unpaired) electrons. The van der Waals surface area contributed by atoms with Crippen LogP contribution >= 0.6 is 0 Å². The van der Waals surface area contributed by atoms with Gasteiger partial charge in [-0.25, -0.2) is 19.7 Å². The highest BCUT2D eigenvalue weighted by atomic mass is 16.6. The number of aryl methyl sites for hydroxylation is 1. The average molecular weight is 435 g/mol. The number of ether oxygens (including phenoxy) is 1. The number of fused-ring (bicyclic) bond motifs is 1. The van der Waals surface area contributed by atoms with Gasteiger partial charge in [0.2, 0.25) is 5.91 Å². The van der Waals surface area contributed by atoms with Crippen LogP contribution in [0.2, 0.25) is 0 Å². The van der Waals surface area contributed by atoms with Gasteiger partial charge >= 0.3 is 6.09 Å². The summed E-state index contributed by atoms with van der Waals surface area (Å²) in [5, 5.41) is 2.62. The van der Waals surface area contributed by atoms with Crippen LogP contribution < -0.4 is 16.0 Å². The summed E-state index contributed by atoms with van der Waals surface area (Å²) in [6, 6.07) is 5.12. The number of nitrogens with one attached hydrogen (secondary N) is 1. The molecule has 0 unspecified atom stereocenters. The molecule has 3 aromatic heterocycles. The van der Waals surface area contributed by atoms with Crippen LogP contribution in [0, 0.1) is 11.8 Å². The van der Waals surface area contributed by atoms with Crippen molar-refractivity contribution in [1.29, 1.82) is 0 Å². The first kappa shape index (κ1) is 22.6. The van der Waals surface area contributed by atoms with E-state index in [1.165, 1.54) is 11.8 Å². The number of pyridine rings is 2. The maximum absolute atomic E-state index is 12.5. The molecular formula is C22H25N7O3. The minimum Gasteiger partial charge on any atom is -0.443 e. The van der Waals surface area contributed by atoms with Crippen molar-refractivity contribution < 1.29 is 14.3 Å². The van der Waals surface area contributed by atoms with E-state index < -0.39 is 11.7 Å². The van der Waals surface area contributed by atoms with E-state index in [-0.39, 0.29) is 17.5 Å². The Morgan fingerprint density at radius 2 is 1.94 bits per heavy atom. The van der Waals surface area contributed by atoms with Crippen LogP contribution in [0.1, 0.15) is 39.0 Å². The van der Waals surface area contributed by atoms with Crippen LogP contribution in [-0.2, 0) is 16.6 Å². The molecule has 0 bridgehead atoms. The van der Waals surface area contributed by atoms with Gasteiger partial charge in [0.1, 0.15) is 28.4 Å². The molecular weight excluding hydrogens is 410 g/mol. The van der Waals surface area contributed by atoms with Gasteiger partial charge in [-0.2, -0.15) is 0 Å². The zero-order chi connectivity index (χ0) is 23.6. The number of nitrogens with zero attached hydrogens (tertiary/aromatic N) is 5. The molecule has 32 heavy (non-hydrogen) atoms. The first-order valence-electron chi connectivity index (χ1n) is 9.80. The number of nitrogen functional groups attached to an aromatic ring is 1. The highest BCUT2D eigenvalue weighted by molar-refractivity contribution is 6.00. The van der Waals surface area contributed by atoms with E-state index in [0.717, 1.165) is 0 Å². The zero-order valence-corrected chi connectivity index (χ0v) is 18.8. The van der Waals surface area contributed by atoms with Crippen molar-refractivity contribution in [3.8, 4) is 11.8 Å². The molecule has 0 spiro atoms. The predicted molar refractivity (Wildman–Crippen MR) is 122 cm³/mol. The second-order valence-corrected chi connectivity index (χ2v) is 8.13. The smallest absolute Gasteiger partial charge is 0.415 e. The fourth-order valence-corrected chi connectivity index (χ4v) is 2.89. The molecule has 0 saturated heterocycles. The number of carbonyl (C=O) groups excluding carboxylic acids is 2. The van der Waals surface area contributed by atoms with Gasteiger partial charge in [0.15, 0.2) is 5.82 Å². The normalized spacial score (nSPS) is 10.9. The lowest BCUT2D eigenvalue weighted by molar-refractivity contribution is -0.114. The Balaban J connectivity index is 2.05. The molecule has 0 atom stereocenters. The van der Waals surface area contributed by atoms with Crippen molar-refractivity contribution in [2.24, 2.45) is 7.05 Å². The van der Waals surface area contributed by atoms with Gasteiger partial charge in [0.05, 0.1) is 17.4 Å². The van der Waals surface area contributed by atoms with Gasteiger partial charge in [0.25, 0.3) is 0 Å².